The third-order valence-electron chi connectivity index (χ3n) is 1.72. The largest absolute Gasteiger partial charge is 0.465 e. The molecule has 0 aliphatic heterocycles. The van der Waals surface area contributed by atoms with Gasteiger partial charge in [0.2, 0.25) is 0 Å². The van der Waals surface area contributed by atoms with Gasteiger partial charge in [0.15, 0.2) is 0 Å². The minimum atomic E-state index is -2.91. The van der Waals surface area contributed by atoms with E-state index in [0.29, 0.717) is 0 Å². The molecule has 4 N–H and O–H groups in total. The van der Waals surface area contributed by atoms with E-state index in [1.807, 2.05) is 0 Å². The fourth-order valence-corrected chi connectivity index (χ4v) is 0.998. The molecule has 7 heteroatoms. The van der Waals surface area contributed by atoms with Gasteiger partial charge in [-0.25, -0.2) is 18.6 Å². The van der Waals surface area contributed by atoms with E-state index in [1.165, 1.54) is 0 Å². The number of halogens is 2. The summed E-state index contributed by atoms with van der Waals surface area (Å²) in [6.45, 7) is 0. The smallest absolute Gasteiger partial charge is 0.340 e. The number of alkyl halides is 2. The van der Waals surface area contributed by atoms with Gasteiger partial charge in [-0.15, -0.1) is 0 Å². The van der Waals surface area contributed by atoms with Crippen LogP contribution in [0.15, 0.2) is 6.07 Å². The Bertz CT molecular complexity index is 396. The highest BCUT2D eigenvalue weighted by Crippen LogP contribution is 2.25. The fraction of sp³-hybridized carbons (Fsp3) is 0.250. The number of hydrogen-bond acceptors (Lipinski definition) is 5. The summed E-state index contributed by atoms with van der Waals surface area (Å²) in [6.07, 6.45) is -2.91. The van der Waals surface area contributed by atoms with Gasteiger partial charge in [-0.1, -0.05) is 0 Å². The molecule has 0 bridgehead atoms. The Morgan fingerprint density at radius 3 is 2.60 bits per heavy atom. The molecule has 0 radical (unpaired) electrons. The molecule has 15 heavy (non-hydrogen) atoms. The molecule has 0 atom stereocenters. The van der Waals surface area contributed by atoms with Crippen LogP contribution in [0.3, 0.4) is 0 Å². The summed E-state index contributed by atoms with van der Waals surface area (Å²) in [5.41, 5.74) is 9.44. The topological polar surface area (TPSA) is 91.2 Å². The standard InChI is InChI=1S/C8H9F2N3O2/c1-15-8(14)3-2-4(11)7(12)13-5(3)6(9)10/h2,6H,11H2,1H3,(H2,12,13). The number of carbonyl (C=O) groups is 1. The summed E-state index contributed by atoms with van der Waals surface area (Å²) in [4.78, 5) is 14.5. The molecule has 1 rings (SSSR count). The number of rotatable bonds is 2. The maximum atomic E-state index is 12.5. The minimum absolute atomic E-state index is 0.0419. The zero-order chi connectivity index (χ0) is 11.6. The van der Waals surface area contributed by atoms with Crippen molar-refractivity contribution in [3.8, 4) is 0 Å². The lowest BCUT2D eigenvalue weighted by atomic mass is 10.1. The predicted octanol–water partition coefficient (Wildman–Crippen LogP) is 0.970. The summed E-state index contributed by atoms with van der Waals surface area (Å²) in [5, 5.41) is 0. The Morgan fingerprint density at radius 2 is 2.13 bits per heavy atom. The van der Waals surface area contributed by atoms with Crippen LogP contribution >= 0.6 is 0 Å². The first-order valence-corrected chi connectivity index (χ1v) is 3.89. The van der Waals surface area contributed by atoms with Gasteiger partial charge in [0.25, 0.3) is 6.43 Å². The van der Waals surface area contributed by atoms with Gasteiger partial charge in [-0.3, -0.25) is 0 Å². The minimum Gasteiger partial charge on any atom is -0.465 e. The van der Waals surface area contributed by atoms with Crippen LogP contribution in [0.2, 0.25) is 0 Å². The van der Waals surface area contributed by atoms with E-state index >= 15 is 0 Å². The molecule has 0 aliphatic carbocycles. The summed E-state index contributed by atoms with van der Waals surface area (Å²) in [5.74, 6) is -1.16. The van der Waals surface area contributed by atoms with E-state index < -0.39 is 18.1 Å². The first-order valence-electron chi connectivity index (χ1n) is 3.89. The Hall–Kier alpha value is -1.92. The Balaban J connectivity index is 3.34. The van der Waals surface area contributed by atoms with Crippen LogP contribution in [0, 0.1) is 0 Å². The molecule has 0 spiro atoms. The first kappa shape index (κ1) is 11.2. The summed E-state index contributed by atoms with van der Waals surface area (Å²) < 4.78 is 29.3. The van der Waals surface area contributed by atoms with Crippen molar-refractivity contribution in [3.05, 3.63) is 17.3 Å². The van der Waals surface area contributed by atoms with Crippen molar-refractivity contribution in [1.82, 2.24) is 4.98 Å². The van der Waals surface area contributed by atoms with Crippen LogP contribution in [0.25, 0.3) is 0 Å². The average molecular weight is 217 g/mol. The molecule has 0 saturated heterocycles. The second kappa shape index (κ2) is 4.07. The monoisotopic (exact) mass is 217 g/mol. The van der Waals surface area contributed by atoms with Crippen LogP contribution in [-0.2, 0) is 4.74 Å². The number of nitrogens with two attached hydrogens (primary N) is 2. The molecule has 0 saturated carbocycles. The molecule has 1 heterocycles. The molecule has 0 aromatic carbocycles. The van der Waals surface area contributed by atoms with Crippen LogP contribution in [0.5, 0.6) is 0 Å². The van der Waals surface area contributed by atoms with Crippen molar-refractivity contribution in [3.63, 3.8) is 0 Å². The molecule has 82 valence electrons. The number of aromatic nitrogens is 1. The zero-order valence-corrected chi connectivity index (χ0v) is 7.83. The lowest BCUT2D eigenvalue weighted by Gasteiger charge is -2.08. The third kappa shape index (κ3) is 2.12. The number of methoxy groups -OCH3 is 1. The van der Waals surface area contributed by atoms with E-state index in [2.05, 4.69) is 9.72 Å². The van der Waals surface area contributed by atoms with Crippen LogP contribution in [0.1, 0.15) is 22.5 Å². The van der Waals surface area contributed by atoms with Gasteiger partial charge in [0.05, 0.1) is 18.4 Å². The maximum Gasteiger partial charge on any atom is 0.340 e. The Kier molecular flexibility index (Phi) is 3.03. The predicted molar refractivity (Wildman–Crippen MR) is 49.4 cm³/mol. The number of esters is 1. The number of ether oxygens (including phenoxy) is 1. The normalized spacial score (nSPS) is 10.4. The van der Waals surface area contributed by atoms with Gasteiger partial charge in [-0.2, -0.15) is 0 Å². The second-order valence-electron chi connectivity index (χ2n) is 2.69. The van der Waals surface area contributed by atoms with Gasteiger partial charge in [0.1, 0.15) is 11.5 Å². The maximum absolute atomic E-state index is 12.5. The van der Waals surface area contributed by atoms with Crippen LogP contribution in [-0.4, -0.2) is 18.1 Å². The highest BCUT2D eigenvalue weighted by atomic mass is 19.3. The summed E-state index contributed by atoms with van der Waals surface area (Å²) in [7, 11) is 1.07. The molecule has 0 amide bonds. The molecule has 5 nitrogen and oxygen atoms in total. The number of nitrogen functional groups attached to an aromatic ring is 2. The van der Waals surface area contributed by atoms with Crippen LogP contribution < -0.4 is 11.5 Å². The molecular weight excluding hydrogens is 208 g/mol. The molecule has 0 fully saturated rings. The summed E-state index contributed by atoms with van der Waals surface area (Å²) in [6, 6.07) is 1.02. The molecule has 1 aromatic rings. The molecule has 0 unspecified atom stereocenters. The quantitative estimate of drug-likeness (QED) is 0.720. The Morgan fingerprint density at radius 1 is 1.53 bits per heavy atom. The lowest BCUT2D eigenvalue weighted by Crippen LogP contribution is -2.11. The van der Waals surface area contributed by atoms with Crippen molar-refractivity contribution in [2.45, 2.75) is 6.43 Å². The fourth-order valence-electron chi connectivity index (χ4n) is 0.998. The summed E-state index contributed by atoms with van der Waals surface area (Å²) >= 11 is 0. The van der Waals surface area contributed by atoms with Crippen molar-refractivity contribution < 1.29 is 18.3 Å². The number of hydrogen-bond donors (Lipinski definition) is 2. The van der Waals surface area contributed by atoms with E-state index in [0.717, 1.165) is 13.2 Å². The van der Waals surface area contributed by atoms with Crippen molar-refractivity contribution in [2.24, 2.45) is 0 Å². The number of anilines is 2. The molecular formula is C8H9F2N3O2. The van der Waals surface area contributed by atoms with E-state index in [1.54, 1.807) is 0 Å². The zero-order valence-electron chi connectivity index (χ0n) is 7.83. The number of pyridine rings is 1. The Labute approximate surface area is 84.0 Å². The highest BCUT2D eigenvalue weighted by Gasteiger charge is 2.22. The van der Waals surface area contributed by atoms with E-state index in [9.17, 15) is 13.6 Å². The molecule has 0 aliphatic rings. The van der Waals surface area contributed by atoms with E-state index in [-0.39, 0.29) is 17.1 Å². The third-order valence-corrected chi connectivity index (χ3v) is 1.72. The molecule has 1 aromatic heterocycles. The van der Waals surface area contributed by atoms with Gasteiger partial charge in [-0.05, 0) is 6.07 Å². The van der Waals surface area contributed by atoms with Gasteiger partial charge < -0.3 is 16.2 Å². The van der Waals surface area contributed by atoms with Gasteiger partial charge in [0, 0.05) is 0 Å². The van der Waals surface area contributed by atoms with Crippen molar-refractivity contribution in [2.75, 3.05) is 18.6 Å². The highest BCUT2D eigenvalue weighted by molar-refractivity contribution is 5.92. The van der Waals surface area contributed by atoms with Crippen LogP contribution in [0.4, 0.5) is 20.3 Å². The second-order valence-corrected chi connectivity index (χ2v) is 2.69. The number of carbonyl (C=O) groups excluding carboxylic acids is 1. The van der Waals surface area contributed by atoms with Gasteiger partial charge >= 0.3 is 5.97 Å². The average Bonchev–Trinajstić information content (AvgIpc) is 2.20. The lowest BCUT2D eigenvalue weighted by molar-refractivity contribution is 0.0587. The van der Waals surface area contributed by atoms with Crippen molar-refractivity contribution in [1.29, 1.82) is 0 Å². The SMILES string of the molecule is COC(=O)c1cc(N)c(N)nc1C(F)F. The number of nitrogens with zero attached hydrogens (tertiary/aromatic N) is 1. The van der Waals surface area contributed by atoms with E-state index in [4.69, 9.17) is 11.5 Å². The first-order chi connectivity index (χ1) is 6.97. The van der Waals surface area contributed by atoms with Crippen molar-refractivity contribution >= 4 is 17.5 Å².